The summed E-state index contributed by atoms with van der Waals surface area (Å²) >= 11 is 5.92. The average molecular weight is 526 g/mol. The molecule has 0 aliphatic carbocycles. The summed E-state index contributed by atoms with van der Waals surface area (Å²) in [6.07, 6.45) is 2.05. The predicted molar refractivity (Wildman–Crippen MR) is 134 cm³/mol. The van der Waals surface area contributed by atoms with Crippen molar-refractivity contribution >= 4 is 33.4 Å². The molecule has 0 N–H and O–H groups in total. The van der Waals surface area contributed by atoms with E-state index < -0.39 is 22.0 Å². The van der Waals surface area contributed by atoms with Crippen LogP contribution in [0.15, 0.2) is 76.2 Å². The zero-order valence-corrected chi connectivity index (χ0v) is 21.3. The van der Waals surface area contributed by atoms with Crippen LogP contribution in [0.4, 0.5) is 0 Å². The number of nitrogens with zero attached hydrogens (tertiary/aromatic N) is 3. The molecule has 0 radical (unpaired) electrons. The van der Waals surface area contributed by atoms with Crippen molar-refractivity contribution in [1.82, 2.24) is 4.57 Å². The summed E-state index contributed by atoms with van der Waals surface area (Å²) in [5.41, 5.74) is 1.68. The zero-order chi connectivity index (χ0) is 26.3. The Labute approximate surface area is 214 Å². The van der Waals surface area contributed by atoms with Crippen molar-refractivity contribution in [3.05, 3.63) is 94.6 Å². The first-order valence-corrected chi connectivity index (χ1v) is 13.0. The van der Waals surface area contributed by atoms with Gasteiger partial charge in [-0.2, -0.15) is 13.7 Å². The minimum absolute atomic E-state index is 0.00702. The van der Waals surface area contributed by atoms with Crippen LogP contribution in [0.1, 0.15) is 50.7 Å². The Hall–Kier alpha value is -3.74. The van der Waals surface area contributed by atoms with E-state index in [4.69, 9.17) is 21.6 Å². The van der Waals surface area contributed by atoms with E-state index in [1.807, 2.05) is 13.0 Å². The lowest BCUT2D eigenvalue weighted by atomic mass is 9.99. The molecule has 0 amide bonds. The van der Waals surface area contributed by atoms with E-state index in [2.05, 4.69) is 4.40 Å². The van der Waals surface area contributed by atoms with Crippen molar-refractivity contribution in [3.63, 3.8) is 0 Å². The number of alkyl halides is 1. The third kappa shape index (κ3) is 6.27. The molecule has 0 spiro atoms. The van der Waals surface area contributed by atoms with Gasteiger partial charge in [-0.05, 0) is 56.2 Å². The van der Waals surface area contributed by atoms with Gasteiger partial charge in [-0.1, -0.05) is 29.8 Å². The van der Waals surface area contributed by atoms with Crippen molar-refractivity contribution in [2.24, 2.45) is 4.40 Å². The van der Waals surface area contributed by atoms with Gasteiger partial charge in [0.05, 0.1) is 35.2 Å². The highest BCUT2D eigenvalue weighted by molar-refractivity contribution is 7.90. The number of rotatable bonds is 9. The Bertz CT molecular complexity index is 1470. The van der Waals surface area contributed by atoms with Crippen LogP contribution in [-0.4, -0.2) is 37.7 Å². The molecule has 1 unspecified atom stereocenters. The number of hydrogen-bond acceptors (Lipinski definition) is 6. The number of benzene rings is 2. The number of methoxy groups -OCH3 is 1. The number of hydrogen-bond donors (Lipinski definition) is 0. The normalized spacial score (nSPS) is 12.6. The summed E-state index contributed by atoms with van der Waals surface area (Å²) in [5.74, 6) is -0.734. The quantitative estimate of drug-likeness (QED) is 0.235. The standard InChI is InChI=1S/C26H24ClN3O5S/c1-18-5-12-22(13-6-18)36(33,34)29-24-14-11-21(26(32)35-2)17-30(24)23(4-3-15-27)25(31)20-9-7-19(16-28)8-10-20/h5-14,17,23H,3-4,15H2,1-2H3/b29-24+. The smallest absolute Gasteiger partial charge is 0.339 e. The molecule has 0 aliphatic rings. The Morgan fingerprint density at radius 1 is 1.06 bits per heavy atom. The lowest BCUT2D eigenvalue weighted by Crippen LogP contribution is -2.32. The monoisotopic (exact) mass is 525 g/mol. The van der Waals surface area contributed by atoms with Crippen LogP contribution in [0.5, 0.6) is 0 Å². The number of sulfonamides is 1. The lowest BCUT2D eigenvalue weighted by Gasteiger charge is -2.21. The number of carbonyl (C=O) groups is 2. The summed E-state index contributed by atoms with van der Waals surface area (Å²) in [4.78, 5) is 25.8. The molecule has 1 aromatic heterocycles. The molecular weight excluding hydrogens is 502 g/mol. The minimum atomic E-state index is -4.13. The fourth-order valence-electron chi connectivity index (χ4n) is 3.53. The largest absolute Gasteiger partial charge is 0.465 e. The number of aryl methyl sites for hydroxylation is 1. The molecule has 8 nitrogen and oxygen atoms in total. The van der Waals surface area contributed by atoms with Crippen molar-refractivity contribution in [3.8, 4) is 6.07 Å². The molecule has 1 atom stereocenters. The third-order valence-corrected chi connectivity index (χ3v) is 7.02. The summed E-state index contributed by atoms with van der Waals surface area (Å²) in [5, 5.41) is 9.06. The van der Waals surface area contributed by atoms with Crippen molar-refractivity contribution in [2.75, 3.05) is 13.0 Å². The van der Waals surface area contributed by atoms with Gasteiger partial charge in [0.25, 0.3) is 10.0 Å². The molecular formula is C26H24ClN3O5S. The van der Waals surface area contributed by atoms with Crippen molar-refractivity contribution in [1.29, 1.82) is 5.26 Å². The number of nitriles is 1. The second kappa shape index (κ2) is 11.8. The number of ketones is 1. The van der Waals surface area contributed by atoms with Crippen molar-refractivity contribution in [2.45, 2.75) is 30.7 Å². The summed E-state index contributed by atoms with van der Waals surface area (Å²) < 4.78 is 36.3. The summed E-state index contributed by atoms with van der Waals surface area (Å²) in [6.45, 7) is 1.84. The SMILES string of the molecule is COC(=O)c1cc/c(=N\S(=O)(=O)c2ccc(C)cc2)n(C(CCCCl)C(=O)c2ccc(C#N)cc2)c1. The van der Waals surface area contributed by atoms with Gasteiger partial charge in [-0.25, -0.2) is 4.79 Å². The number of Topliss-reactive ketones (excluding diaryl/α,β-unsaturated/α-hetero) is 1. The molecule has 0 bridgehead atoms. The average Bonchev–Trinajstić information content (AvgIpc) is 2.89. The first-order chi connectivity index (χ1) is 17.2. The first-order valence-electron chi connectivity index (χ1n) is 11.0. The maximum atomic E-state index is 13.6. The van der Waals surface area contributed by atoms with Crippen LogP contribution in [0.3, 0.4) is 0 Å². The molecule has 0 aliphatic heterocycles. The van der Waals surface area contributed by atoms with Crippen LogP contribution in [-0.2, 0) is 14.8 Å². The maximum absolute atomic E-state index is 13.6. The molecule has 0 saturated heterocycles. The minimum Gasteiger partial charge on any atom is -0.465 e. The third-order valence-electron chi connectivity index (χ3n) is 5.46. The second-order valence-electron chi connectivity index (χ2n) is 7.95. The number of pyridine rings is 1. The van der Waals surface area contributed by atoms with Gasteiger partial charge in [0.1, 0.15) is 5.49 Å². The molecule has 0 fully saturated rings. The fourth-order valence-corrected chi connectivity index (χ4v) is 4.67. The number of halogens is 1. The van der Waals surface area contributed by atoms with Crippen LogP contribution in [0.25, 0.3) is 0 Å². The molecule has 0 saturated carbocycles. The van der Waals surface area contributed by atoms with Crippen LogP contribution in [0, 0.1) is 18.3 Å². The number of carbonyl (C=O) groups excluding carboxylic acids is 2. The van der Waals surface area contributed by atoms with E-state index in [0.29, 0.717) is 17.5 Å². The molecule has 3 rings (SSSR count). The van der Waals surface area contributed by atoms with E-state index in [9.17, 15) is 18.0 Å². The zero-order valence-electron chi connectivity index (χ0n) is 19.7. The molecule has 36 heavy (non-hydrogen) atoms. The number of aromatic nitrogens is 1. The summed E-state index contributed by atoms with van der Waals surface area (Å²) in [6, 6.07) is 16.1. The predicted octanol–water partition coefficient (Wildman–Crippen LogP) is 4.19. The van der Waals surface area contributed by atoms with Crippen molar-refractivity contribution < 1.29 is 22.7 Å². The lowest BCUT2D eigenvalue weighted by molar-refractivity contribution is 0.0598. The maximum Gasteiger partial charge on any atom is 0.339 e. The first kappa shape index (κ1) is 26.9. The molecule has 2 aromatic carbocycles. The second-order valence-corrected chi connectivity index (χ2v) is 9.94. The van der Waals surface area contributed by atoms with Crippen LogP contribution < -0.4 is 5.49 Å². The van der Waals surface area contributed by atoms with E-state index in [1.54, 1.807) is 12.1 Å². The fraction of sp³-hybridized carbons (Fsp3) is 0.231. The Morgan fingerprint density at radius 2 is 1.69 bits per heavy atom. The van der Waals surface area contributed by atoms with Gasteiger partial charge >= 0.3 is 5.97 Å². The van der Waals surface area contributed by atoms with Crippen LogP contribution >= 0.6 is 11.6 Å². The van der Waals surface area contributed by atoms with E-state index in [-0.39, 0.29) is 34.0 Å². The van der Waals surface area contributed by atoms with Gasteiger partial charge in [0.15, 0.2) is 5.78 Å². The van der Waals surface area contributed by atoms with Gasteiger partial charge in [-0.3, -0.25) is 4.79 Å². The Morgan fingerprint density at radius 3 is 2.28 bits per heavy atom. The van der Waals surface area contributed by atoms with Gasteiger partial charge < -0.3 is 9.30 Å². The summed E-state index contributed by atoms with van der Waals surface area (Å²) in [7, 11) is -2.91. The van der Waals surface area contributed by atoms with Gasteiger partial charge in [-0.15, -0.1) is 16.0 Å². The highest BCUT2D eigenvalue weighted by Gasteiger charge is 2.24. The highest BCUT2D eigenvalue weighted by Crippen LogP contribution is 2.21. The number of esters is 1. The van der Waals surface area contributed by atoms with Crippen LogP contribution in [0.2, 0.25) is 0 Å². The Kier molecular flexibility index (Phi) is 8.80. The topological polar surface area (TPSA) is 119 Å². The number of ether oxygens (including phenoxy) is 1. The Balaban J connectivity index is 2.22. The highest BCUT2D eigenvalue weighted by atomic mass is 35.5. The van der Waals surface area contributed by atoms with E-state index >= 15 is 0 Å². The van der Waals surface area contributed by atoms with Gasteiger partial charge in [0, 0.05) is 17.6 Å². The van der Waals surface area contributed by atoms with E-state index in [0.717, 1.165) is 5.56 Å². The molecule has 186 valence electrons. The van der Waals surface area contributed by atoms with E-state index in [1.165, 1.54) is 66.4 Å². The molecule has 10 heteroatoms. The molecule has 1 heterocycles. The van der Waals surface area contributed by atoms with Gasteiger partial charge in [0.2, 0.25) is 0 Å². The molecule has 3 aromatic rings.